The number of hydrogen-bond donors (Lipinski definition) is 1. The van der Waals surface area contributed by atoms with Gasteiger partial charge in [0.05, 0.1) is 18.6 Å². The average molecular weight is 276 g/mol. The first-order chi connectivity index (χ1) is 9.55. The van der Waals surface area contributed by atoms with Crippen LogP contribution in [0.3, 0.4) is 0 Å². The summed E-state index contributed by atoms with van der Waals surface area (Å²) in [5, 5.41) is 9.06. The van der Waals surface area contributed by atoms with Gasteiger partial charge in [0, 0.05) is 5.56 Å². The molecule has 1 fully saturated rings. The van der Waals surface area contributed by atoms with Crippen LogP contribution in [0.4, 0.5) is 0 Å². The fourth-order valence-corrected chi connectivity index (χ4v) is 3.21. The fraction of sp³-hybridized carbons (Fsp3) is 0.467. The number of aliphatic carboxylic acids is 1. The van der Waals surface area contributed by atoms with Crippen LogP contribution >= 0.6 is 0 Å². The maximum absolute atomic E-state index is 12.0. The molecular weight excluding hydrogens is 260 g/mol. The van der Waals surface area contributed by atoms with Crippen molar-refractivity contribution in [3.63, 3.8) is 0 Å². The molecular formula is C15H16O5. The zero-order valence-corrected chi connectivity index (χ0v) is 11.2. The van der Waals surface area contributed by atoms with Crippen LogP contribution in [0, 0.1) is 5.92 Å². The minimum Gasteiger partial charge on any atom is -0.497 e. The van der Waals surface area contributed by atoms with E-state index in [-0.39, 0.29) is 11.9 Å². The normalized spacial score (nSPS) is 28.1. The number of carboxylic acid groups (broad SMARTS) is 1. The van der Waals surface area contributed by atoms with Crippen molar-refractivity contribution < 1.29 is 24.2 Å². The summed E-state index contributed by atoms with van der Waals surface area (Å²) in [4.78, 5) is 23.1. The largest absolute Gasteiger partial charge is 0.497 e. The first kappa shape index (κ1) is 13.0. The van der Waals surface area contributed by atoms with Gasteiger partial charge in [0.25, 0.3) is 0 Å². The Labute approximate surface area is 116 Å². The third kappa shape index (κ3) is 1.85. The molecule has 1 N–H and O–H groups in total. The number of fused-ring (bicyclic) bond motifs is 2. The van der Waals surface area contributed by atoms with Gasteiger partial charge in [-0.05, 0) is 37.8 Å². The summed E-state index contributed by atoms with van der Waals surface area (Å²) in [5.74, 6) is -0.814. The SMILES string of the molecule is COc1ccc2c(c1)C(=O)OC21CCC(C(=O)O)CC1. The molecule has 0 amide bonds. The highest BCUT2D eigenvalue weighted by atomic mass is 16.6. The Morgan fingerprint density at radius 3 is 2.70 bits per heavy atom. The highest BCUT2D eigenvalue weighted by Crippen LogP contribution is 2.48. The van der Waals surface area contributed by atoms with Crippen molar-refractivity contribution >= 4 is 11.9 Å². The van der Waals surface area contributed by atoms with Crippen molar-refractivity contribution in [1.82, 2.24) is 0 Å². The maximum atomic E-state index is 12.0. The number of rotatable bonds is 2. The topological polar surface area (TPSA) is 72.8 Å². The van der Waals surface area contributed by atoms with Crippen LogP contribution in [0.5, 0.6) is 5.75 Å². The molecule has 1 spiro atoms. The molecule has 1 saturated carbocycles. The molecule has 1 aromatic carbocycles. The Hall–Kier alpha value is -2.04. The van der Waals surface area contributed by atoms with Gasteiger partial charge >= 0.3 is 11.9 Å². The average Bonchev–Trinajstić information content (AvgIpc) is 2.72. The molecule has 1 aromatic rings. The summed E-state index contributed by atoms with van der Waals surface area (Å²) in [6, 6.07) is 5.36. The molecule has 2 aliphatic rings. The van der Waals surface area contributed by atoms with Crippen LogP contribution in [-0.2, 0) is 15.1 Å². The summed E-state index contributed by atoms with van der Waals surface area (Å²) in [7, 11) is 1.55. The second-order valence-corrected chi connectivity index (χ2v) is 5.41. The van der Waals surface area contributed by atoms with E-state index in [1.807, 2.05) is 12.1 Å². The Balaban J connectivity index is 1.92. The molecule has 0 aromatic heterocycles. The summed E-state index contributed by atoms with van der Waals surface area (Å²) in [6.07, 6.45) is 2.20. The summed E-state index contributed by atoms with van der Waals surface area (Å²) in [6.45, 7) is 0. The van der Waals surface area contributed by atoms with Crippen molar-refractivity contribution in [3.05, 3.63) is 29.3 Å². The molecule has 0 atom stereocenters. The maximum Gasteiger partial charge on any atom is 0.339 e. The fourth-order valence-electron chi connectivity index (χ4n) is 3.21. The van der Waals surface area contributed by atoms with E-state index in [1.54, 1.807) is 13.2 Å². The van der Waals surface area contributed by atoms with Gasteiger partial charge in [-0.15, -0.1) is 0 Å². The van der Waals surface area contributed by atoms with Crippen LogP contribution in [-0.4, -0.2) is 24.2 Å². The molecule has 0 unspecified atom stereocenters. The van der Waals surface area contributed by atoms with E-state index in [2.05, 4.69) is 0 Å². The number of benzene rings is 1. The number of hydrogen-bond acceptors (Lipinski definition) is 4. The van der Waals surface area contributed by atoms with Crippen LogP contribution in [0.2, 0.25) is 0 Å². The highest BCUT2D eigenvalue weighted by molar-refractivity contribution is 5.95. The van der Waals surface area contributed by atoms with Crippen molar-refractivity contribution in [2.45, 2.75) is 31.3 Å². The van der Waals surface area contributed by atoms with E-state index in [0.29, 0.717) is 37.0 Å². The number of carbonyl (C=O) groups is 2. The summed E-state index contributed by atoms with van der Waals surface area (Å²) >= 11 is 0. The Kier molecular flexibility index (Phi) is 2.92. The van der Waals surface area contributed by atoms with Gasteiger partial charge in [0.2, 0.25) is 0 Å². The molecule has 1 aliphatic heterocycles. The Bertz CT molecular complexity index is 570. The van der Waals surface area contributed by atoms with Crippen LogP contribution in [0.25, 0.3) is 0 Å². The monoisotopic (exact) mass is 276 g/mol. The molecule has 1 heterocycles. The summed E-state index contributed by atoms with van der Waals surface area (Å²) in [5.41, 5.74) is 0.773. The number of carbonyl (C=O) groups excluding carboxylic acids is 1. The van der Waals surface area contributed by atoms with E-state index >= 15 is 0 Å². The zero-order chi connectivity index (χ0) is 14.3. The molecule has 106 valence electrons. The van der Waals surface area contributed by atoms with Gasteiger partial charge in [0.1, 0.15) is 11.4 Å². The van der Waals surface area contributed by atoms with Crippen LogP contribution in [0.15, 0.2) is 18.2 Å². The number of carboxylic acids is 1. The van der Waals surface area contributed by atoms with Crippen LogP contribution in [0.1, 0.15) is 41.6 Å². The molecule has 3 rings (SSSR count). The predicted molar refractivity (Wildman–Crippen MR) is 69.7 cm³/mol. The minimum absolute atomic E-state index is 0.332. The van der Waals surface area contributed by atoms with Gasteiger partial charge < -0.3 is 14.6 Å². The number of methoxy groups -OCH3 is 1. The minimum atomic E-state index is -0.765. The molecule has 20 heavy (non-hydrogen) atoms. The molecule has 0 radical (unpaired) electrons. The van der Waals surface area contributed by atoms with Crippen LogP contribution < -0.4 is 4.74 Å². The summed E-state index contributed by atoms with van der Waals surface area (Å²) < 4.78 is 10.7. The van der Waals surface area contributed by atoms with Crippen molar-refractivity contribution in [2.75, 3.05) is 7.11 Å². The highest BCUT2D eigenvalue weighted by Gasteiger charge is 2.48. The Morgan fingerprint density at radius 2 is 2.10 bits per heavy atom. The van der Waals surface area contributed by atoms with E-state index < -0.39 is 11.6 Å². The van der Waals surface area contributed by atoms with Gasteiger partial charge in [-0.2, -0.15) is 0 Å². The molecule has 5 nitrogen and oxygen atoms in total. The van der Waals surface area contributed by atoms with E-state index in [0.717, 1.165) is 5.56 Å². The van der Waals surface area contributed by atoms with Gasteiger partial charge in [-0.3, -0.25) is 4.79 Å². The quantitative estimate of drug-likeness (QED) is 0.839. The lowest BCUT2D eigenvalue weighted by atomic mass is 9.75. The van der Waals surface area contributed by atoms with E-state index in [1.165, 1.54) is 0 Å². The molecule has 0 saturated heterocycles. The Morgan fingerprint density at radius 1 is 1.40 bits per heavy atom. The van der Waals surface area contributed by atoms with Crippen molar-refractivity contribution in [1.29, 1.82) is 0 Å². The zero-order valence-electron chi connectivity index (χ0n) is 11.2. The third-order valence-corrected chi connectivity index (χ3v) is 4.37. The number of esters is 1. The smallest absolute Gasteiger partial charge is 0.339 e. The molecule has 5 heteroatoms. The lowest BCUT2D eigenvalue weighted by molar-refractivity contribution is -0.144. The first-order valence-electron chi connectivity index (χ1n) is 6.70. The second kappa shape index (κ2) is 4.51. The number of ether oxygens (including phenoxy) is 2. The molecule has 1 aliphatic carbocycles. The lowest BCUT2D eigenvalue weighted by Gasteiger charge is -2.35. The van der Waals surface area contributed by atoms with Gasteiger partial charge in [-0.25, -0.2) is 4.79 Å². The van der Waals surface area contributed by atoms with E-state index in [9.17, 15) is 9.59 Å². The predicted octanol–water partition coefficient (Wildman–Crippen LogP) is 2.34. The standard InChI is InChI=1S/C15H16O5/c1-19-10-2-3-12-11(8-10)14(18)20-15(12)6-4-9(5-7-15)13(16)17/h2-3,8-9H,4-7H2,1H3,(H,16,17). The van der Waals surface area contributed by atoms with Gasteiger partial charge in [0.15, 0.2) is 0 Å². The van der Waals surface area contributed by atoms with Crippen molar-refractivity contribution in [3.8, 4) is 5.75 Å². The second-order valence-electron chi connectivity index (χ2n) is 5.41. The van der Waals surface area contributed by atoms with Crippen molar-refractivity contribution in [2.24, 2.45) is 5.92 Å². The first-order valence-corrected chi connectivity index (χ1v) is 6.70. The third-order valence-electron chi connectivity index (χ3n) is 4.37. The van der Waals surface area contributed by atoms with E-state index in [4.69, 9.17) is 14.6 Å². The molecule has 0 bridgehead atoms. The van der Waals surface area contributed by atoms with Gasteiger partial charge in [-0.1, -0.05) is 6.07 Å². The lowest BCUT2D eigenvalue weighted by Crippen LogP contribution is -2.34.